The molecule has 0 fully saturated rings. The quantitative estimate of drug-likeness (QED) is 0.437. The standard InChI is InChI=1S/C23H21NO2SSe/c1-19-9-13-21(14-10-19)24(17-6-18-28-23-7-4-3-5-8-23)27(25,26)22-15-11-20(2)12-16-22/h3-5,7-16H,17H2,1-2H3. The first kappa shape index (κ1) is 20.2. The number of hydrogen-bond acceptors (Lipinski definition) is 2. The van der Waals surface area contributed by atoms with Gasteiger partial charge in [0.25, 0.3) is 0 Å². The van der Waals surface area contributed by atoms with Crippen molar-refractivity contribution < 1.29 is 8.42 Å². The van der Waals surface area contributed by atoms with Gasteiger partial charge in [-0.1, -0.05) is 0 Å². The zero-order valence-electron chi connectivity index (χ0n) is 15.8. The maximum absolute atomic E-state index is 13.3. The van der Waals surface area contributed by atoms with E-state index < -0.39 is 10.0 Å². The van der Waals surface area contributed by atoms with Gasteiger partial charge in [-0.15, -0.1) is 0 Å². The van der Waals surface area contributed by atoms with Gasteiger partial charge in [-0.05, 0) is 0 Å². The average molecular weight is 454 g/mol. The Hall–Kier alpha value is -2.51. The summed E-state index contributed by atoms with van der Waals surface area (Å²) in [6, 6.07) is 24.4. The molecule has 3 nitrogen and oxygen atoms in total. The summed E-state index contributed by atoms with van der Waals surface area (Å²) in [5, 5.41) is 0. The van der Waals surface area contributed by atoms with Crippen LogP contribution in [0, 0.1) is 24.6 Å². The van der Waals surface area contributed by atoms with Gasteiger partial charge in [0.2, 0.25) is 0 Å². The summed E-state index contributed by atoms with van der Waals surface area (Å²) < 4.78 is 29.1. The van der Waals surface area contributed by atoms with Gasteiger partial charge < -0.3 is 0 Å². The fraction of sp³-hybridized carbons (Fsp3) is 0.130. The molecule has 0 saturated carbocycles. The Labute approximate surface area is 173 Å². The Bertz CT molecular complexity index is 1080. The zero-order valence-corrected chi connectivity index (χ0v) is 18.3. The van der Waals surface area contributed by atoms with E-state index in [0.717, 1.165) is 11.1 Å². The van der Waals surface area contributed by atoms with E-state index in [4.69, 9.17) is 0 Å². The van der Waals surface area contributed by atoms with Crippen molar-refractivity contribution in [1.29, 1.82) is 0 Å². The van der Waals surface area contributed by atoms with Gasteiger partial charge in [0.15, 0.2) is 0 Å². The molecule has 3 rings (SSSR count). The minimum atomic E-state index is -3.69. The molecule has 0 aliphatic heterocycles. The third-order valence-electron chi connectivity index (χ3n) is 4.14. The van der Waals surface area contributed by atoms with Crippen molar-refractivity contribution in [3.05, 3.63) is 90.0 Å². The Balaban J connectivity index is 1.89. The van der Waals surface area contributed by atoms with Gasteiger partial charge in [-0.2, -0.15) is 0 Å². The van der Waals surface area contributed by atoms with Crippen LogP contribution in [0.15, 0.2) is 83.8 Å². The van der Waals surface area contributed by atoms with E-state index in [1.807, 2.05) is 80.6 Å². The Morgan fingerprint density at radius 1 is 0.821 bits per heavy atom. The SMILES string of the molecule is Cc1ccc(N(CC#C[Se]c2ccccc2)S(=O)(=O)c2ccc(C)cc2)cc1. The minimum absolute atomic E-state index is 0.00612. The van der Waals surface area contributed by atoms with Crippen LogP contribution in [0.4, 0.5) is 5.69 Å². The first-order chi connectivity index (χ1) is 13.5. The van der Waals surface area contributed by atoms with E-state index in [9.17, 15) is 8.42 Å². The molecule has 0 aromatic heterocycles. The zero-order chi connectivity index (χ0) is 20.0. The Morgan fingerprint density at radius 2 is 1.39 bits per heavy atom. The number of nitrogens with zero attached hydrogens (tertiary/aromatic N) is 1. The van der Waals surface area contributed by atoms with Gasteiger partial charge in [-0.25, -0.2) is 0 Å². The van der Waals surface area contributed by atoms with Gasteiger partial charge in [-0.3, -0.25) is 0 Å². The topological polar surface area (TPSA) is 37.4 Å². The van der Waals surface area contributed by atoms with Gasteiger partial charge in [0.05, 0.1) is 0 Å². The van der Waals surface area contributed by atoms with E-state index >= 15 is 0 Å². The average Bonchev–Trinajstić information content (AvgIpc) is 2.70. The van der Waals surface area contributed by atoms with Gasteiger partial charge in [0, 0.05) is 0 Å². The predicted octanol–water partition coefficient (Wildman–Crippen LogP) is 3.49. The van der Waals surface area contributed by atoms with Crippen LogP contribution in [0.1, 0.15) is 11.1 Å². The number of aryl methyl sites for hydroxylation is 2. The molecule has 0 heterocycles. The fourth-order valence-corrected chi connectivity index (χ4v) is 5.07. The van der Waals surface area contributed by atoms with Crippen molar-refractivity contribution in [1.82, 2.24) is 0 Å². The van der Waals surface area contributed by atoms with Crippen LogP contribution >= 0.6 is 0 Å². The van der Waals surface area contributed by atoms with E-state index in [1.54, 1.807) is 12.1 Å². The normalized spacial score (nSPS) is 10.8. The van der Waals surface area contributed by atoms with Crippen LogP contribution in [0.5, 0.6) is 0 Å². The van der Waals surface area contributed by atoms with Crippen molar-refractivity contribution in [3.63, 3.8) is 0 Å². The second kappa shape index (κ2) is 9.12. The molecule has 0 unspecified atom stereocenters. The molecule has 0 aliphatic carbocycles. The second-order valence-corrected chi connectivity index (χ2v) is 10.1. The molecule has 0 aliphatic rings. The molecule has 0 bridgehead atoms. The summed E-state index contributed by atoms with van der Waals surface area (Å²) in [4.78, 5) is 3.42. The summed E-state index contributed by atoms with van der Waals surface area (Å²) in [6.07, 6.45) is 0. The summed E-state index contributed by atoms with van der Waals surface area (Å²) in [5.41, 5.74) is 2.72. The monoisotopic (exact) mass is 455 g/mol. The first-order valence-electron chi connectivity index (χ1n) is 8.83. The number of hydrogen-bond donors (Lipinski definition) is 0. The molecule has 0 amide bonds. The molecule has 0 spiro atoms. The van der Waals surface area contributed by atoms with Crippen LogP contribution < -0.4 is 8.77 Å². The number of rotatable bonds is 5. The maximum atomic E-state index is 13.3. The third kappa shape index (κ3) is 5.05. The van der Waals surface area contributed by atoms with Crippen LogP contribution in [-0.2, 0) is 10.0 Å². The van der Waals surface area contributed by atoms with Crippen LogP contribution in [0.2, 0.25) is 0 Å². The summed E-state index contributed by atoms with van der Waals surface area (Å²) in [6.45, 7) is 4.03. The Kier molecular flexibility index (Phi) is 6.59. The number of benzene rings is 3. The summed E-state index contributed by atoms with van der Waals surface area (Å²) in [5.74, 6) is 3.06. The molecular formula is C23H21NO2SSe. The molecule has 0 radical (unpaired) electrons. The predicted molar refractivity (Wildman–Crippen MR) is 116 cm³/mol. The van der Waals surface area contributed by atoms with E-state index in [0.29, 0.717) is 5.69 Å². The first-order valence-corrected chi connectivity index (χ1v) is 12.0. The second-order valence-electron chi connectivity index (χ2n) is 6.35. The van der Waals surface area contributed by atoms with E-state index in [1.165, 1.54) is 8.77 Å². The van der Waals surface area contributed by atoms with Crippen LogP contribution in [0.3, 0.4) is 0 Å². The van der Waals surface area contributed by atoms with E-state index in [-0.39, 0.29) is 26.4 Å². The number of anilines is 1. The molecule has 3 aromatic carbocycles. The molecule has 3 aromatic rings. The molecule has 28 heavy (non-hydrogen) atoms. The van der Waals surface area contributed by atoms with Crippen molar-refractivity contribution in [3.8, 4) is 10.7 Å². The van der Waals surface area contributed by atoms with Gasteiger partial charge in [0.1, 0.15) is 0 Å². The molecular weight excluding hydrogens is 433 g/mol. The van der Waals surface area contributed by atoms with Crippen molar-refractivity contribution >= 4 is 35.1 Å². The summed E-state index contributed by atoms with van der Waals surface area (Å²) >= 11 is -0.00612. The Morgan fingerprint density at radius 3 is 2.00 bits per heavy atom. The molecule has 5 heteroatoms. The van der Waals surface area contributed by atoms with Crippen molar-refractivity contribution in [2.75, 3.05) is 10.8 Å². The summed E-state index contributed by atoms with van der Waals surface area (Å²) in [7, 11) is -3.69. The molecule has 142 valence electrons. The fourth-order valence-electron chi connectivity index (χ4n) is 2.55. The van der Waals surface area contributed by atoms with Crippen LogP contribution in [-0.4, -0.2) is 29.9 Å². The van der Waals surface area contributed by atoms with Crippen molar-refractivity contribution in [2.24, 2.45) is 0 Å². The van der Waals surface area contributed by atoms with Gasteiger partial charge >= 0.3 is 174 Å². The molecule has 0 saturated heterocycles. The van der Waals surface area contributed by atoms with E-state index in [2.05, 4.69) is 10.7 Å². The van der Waals surface area contributed by atoms with Crippen molar-refractivity contribution in [2.45, 2.75) is 18.7 Å². The molecule has 0 N–H and O–H groups in total. The van der Waals surface area contributed by atoms with Crippen LogP contribution in [0.25, 0.3) is 0 Å². The molecule has 0 atom stereocenters. The number of sulfonamides is 1. The third-order valence-corrected chi connectivity index (χ3v) is 7.51.